The smallest absolute Gasteiger partial charge is 0.0655 e. The summed E-state index contributed by atoms with van der Waals surface area (Å²) in [5.74, 6) is 0.157. The van der Waals surface area contributed by atoms with Gasteiger partial charge in [0, 0.05) is 0 Å². The highest BCUT2D eigenvalue weighted by molar-refractivity contribution is 5.35. The zero-order valence-corrected chi connectivity index (χ0v) is 15.3. The Morgan fingerprint density at radius 2 is 1.75 bits per heavy atom. The second-order valence-corrected chi connectivity index (χ2v) is 7.61. The summed E-state index contributed by atoms with van der Waals surface area (Å²) < 4.78 is 0. The Bertz CT molecular complexity index is 497. The van der Waals surface area contributed by atoms with Crippen LogP contribution in [0.5, 0.6) is 0 Å². The van der Waals surface area contributed by atoms with E-state index in [9.17, 15) is 10.2 Å². The molecule has 4 N–H and O–H groups in total. The van der Waals surface area contributed by atoms with Crippen LogP contribution in [0, 0.1) is 5.92 Å². The number of rotatable bonds is 10. The highest BCUT2D eigenvalue weighted by Crippen LogP contribution is 2.32. The average molecular weight is 334 g/mol. The van der Waals surface area contributed by atoms with Crippen LogP contribution in [0.25, 0.3) is 0 Å². The Morgan fingerprint density at radius 3 is 2.46 bits per heavy atom. The molecule has 0 unspecified atom stereocenters. The lowest BCUT2D eigenvalue weighted by Crippen LogP contribution is -2.55. The molecule has 0 aliphatic heterocycles. The van der Waals surface area contributed by atoms with Crippen molar-refractivity contribution in [2.75, 3.05) is 13.2 Å². The third-order valence-electron chi connectivity index (χ3n) is 5.72. The van der Waals surface area contributed by atoms with Crippen molar-refractivity contribution < 1.29 is 10.2 Å². The molecule has 1 aromatic rings. The summed E-state index contributed by atoms with van der Waals surface area (Å²) in [6.45, 7) is 1.95. The largest absolute Gasteiger partial charge is 0.394 e. The van der Waals surface area contributed by atoms with E-state index in [1.165, 1.54) is 61.6 Å². The number of hydrogen-bond donors (Lipinski definition) is 3. The summed E-state index contributed by atoms with van der Waals surface area (Å²) in [5.41, 5.74) is 9.55. The molecule has 0 heterocycles. The summed E-state index contributed by atoms with van der Waals surface area (Å²) >= 11 is 0. The molecule has 0 saturated carbocycles. The lowest BCUT2D eigenvalue weighted by Gasteiger charge is -2.37. The van der Waals surface area contributed by atoms with Crippen molar-refractivity contribution in [1.82, 2.24) is 0 Å². The van der Waals surface area contributed by atoms with Gasteiger partial charge in [-0.15, -0.1) is 0 Å². The van der Waals surface area contributed by atoms with Crippen LogP contribution in [0.4, 0.5) is 0 Å². The van der Waals surface area contributed by atoms with Gasteiger partial charge in [-0.05, 0) is 54.7 Å². The van der Waals surface area contributed by atoms with Crippen LogP contribution in [-0.2, 0) is 19.3 Å². The number of hydrogen-bond acceptors (Lipinski definition) is 3. The molecule has 0 aromatic heterocycles. The zero-order chi connectivity index (χ0) is 17.4. The van der Waals surface area contributed by atoms with Crippen molar-refractivity contribution in [3.05, 3.63) is 34.9 Å². The van der Waals surface area contributed by atoms with Gasteiger partial charge in [-0.3, -0.25) is 0 Å². The Balaban J connectivity index is 1.87. The van der Waals surface area contributed by atoms with Gasteiger partial charge in [0.2, 0.25) is 0 Å². The molecule has 0 bridgehead atoms. The van der Waals surface area contributed by atoms with E-state index in [2.05, 4.69) is 25.1 Å². The molecule has 0 radical (unpaired) electrons. The number of benzene rings is 1. The number of unbranched alkanes of at least 4 members (excludes halogenated alkanes) is 5. The number of nitrogens with two attached hydrogens (primary N) is 1. The van der Waals surface area contributed by atoms with Crippen LogP contribution in [0.2, 0.25) is 0 Å². The van der Waals surface area contributed by atoms with E-state index >= 15 is 0 Å². The Morgan fingerprint density at radius 1 is 1.04 bits per heavy atom. The van der Waals surface area contributed by atoms with Crippen molar-refractivity contribution in [2.45, 2.75) is 76.7 Å². The summed E-state index contributed by atoms with van der Waals surface area (Å²) in [4.78, 5) is 0. The first-order valence-corrected chi connectivity index (χ1v) is 9.74. The lowest BCUT2D eigenvalue weighted by molar-refractivity contribution is 0.0690. The van der Waals surface area contributed by atoms with Gasteiger partial charge in [0.05, 0.1) is 18.8 Å². The fraction of sp³-hybridized carbons (Fsp3) is 0.714. The molecule has 0 saturated heterocycles. The maximum Gasteiger partial charge on any atom is 0.0655 e. The molecular weight excluding hydrogens is 298 g/mol. The molecule has 1 atom stereocenters. The van der Waals surface area contributed by atoms with E-state index in [0.717, 1.165) is 19.3 Å². The second-order valence-electron chi connectivity index (χ2n) is 7.61. The molecule has 136 valence electrons. The predicted octanol–water partition coefficient (Wildman–Crippen LogP) is 3.38. The predicted molar refractivity (Wildman–Crippen MR) is 100 cm³/mol. The van der Waals surface area contributed by atoms with Crippen LogP contribution in [-0.4, -0.2) is 29.0 Å². The fourth-order valence-corrected chi connectivity index (χ4v) is 3.87. The van der Waals surface area contributed by atoms with Crippen molar-refractivity contribution in [2.24, 2.45) is 11.7 Å². The molecule has 0 spiro atoms. The van der Waals surface area contributed by atoms with Crippen LogP contribution in [0.15, 0.2) is 18.2 Å². The maximum absolute atomic E-state index is 9.52. The van der Waals surface area contributed by atoms with E-state index in [1.807, 2.05) is 0 Å². The highest BCUT2D eigenvalue weighted by atomic mass is 16.3. The molecule has 3 heteroatoms. The van der Waals surface area contributed by atoms with Crippen molar-refractivity contribution >= 4 is 0 Å². The van der Waals surface area contributed by atoms with Crippen molar-refractivity contribution in [1.29, 1.82) is 0 Å². The minimum absolute atomic E-state index is 0.153. The molecule has 24 heavy (non-hydrogen) atoms. The van der Waals surface area contributed by atoms with Gasteiger partial charge in [-0.2, -0.15) is 0 Å². The number of aliphatic hydroxyl groups is 2. The topological polar surface area (TPSA) is 66.5 Å². The molecule has 0 amide bonds. The van der Waals surface area contributed by atoms with Crippen molar-refractivity contribution in [3.63, 3.8) is 0 Å². The summed E-state index contributed by atoms with van der Waals surface area (Å²) in [6.07, 6.45) is 12.0. The molecule has 1 aliphatic rings. The van der Waals surface area contributed by atoms with Gasteiger partial charge < -0.3 is 15.9 Å². The van der Waals surface area contributed by atoms with Gasteiger partial charge in [0.1, 0.15) is 0 Å². The standard InChI is InChI=1S/C21H35NO2/c1-2-3-4-5-6-7-8-17-9-10-19-14-20(12-11-18(19)13-17)21(22,15-23)16-24/h9-10,13,20,23-24H,2-8,11-12,14-16,22H2,1H3/t20-/m1/s1. The highest BCUT2D eigenvalue weighted by Gasteiger charge is 2.36. The average Bonchev–Trinajstić information content (AvgIpc) is 2.63. The Labute approximate surface area is 147 Å². The molecule has 3 nitrogen and oxygen atoms in total. The molecule has 0 fully saturated rings. The van der Waals surface area contributed by atoms with Gasteiger partial charge in [-0.25, -0.2) is 0 Å². The normalized spacial score (nSPS) is 17.8. The second kappa shape index (κ2) is 9.55. The lowest BCUT2D eigenvalue weighted by atomic mass is 9.73. The quantitative estimate of drug-likeness (QED) is 0.575. The molecule has 1 aliphatic carbocycles. The van der Waals surface area contributed by atoms with E-state index in [4.69, 9.17) is 5.73 Å². The summed E-state index contributed by atoms with van der Waals surface area (Å²) in [6, 6.07) is 6.86. The SMILES string of the molecule is CCCCCCCCc1ccc2c(c1)CC[C@@H](C(N)(CO)CO)C2. The maximum atomic E-state index is 9.52. The number of fused-ring (bicyclic) bond motifs is 1. The zero-order valence-electron chi connectivity index (χ0n) is 15.3. The van der Waals surface area contributed by atoms with E-state index in [0.29, 0.717) is 0 Å². The number of aryl methyl sites for hydroxylation is 2. The Hall–Kier alpha value is -0.900. The third-order valence-corrected chi connectivity index (χ3v) is 5.72. The molecule has 2 rings (SSSR count). The van der Waals surface area contributed by atoms with Crippen LogP contribution in [0.3, 0.4) is 0 Å². The minimum Gasteiger partial charge on any atom is -0.394 e. The van der Waals surface area contributed by atoms with Gasteiger partial charge in [0.15, 0.2) is 0 Å². The monoisotopic (exact) mass is 333 g/mol. The Kier molecular flexibility index (Phi) is 7.73. The first-order chi connectivity index (χ1) is 11.6. The van der Waals surface area contributed by atoms with Crippen LogP contribution in [0.1, 0.15) is 68.6 Å². The summed E-state index contributed by atoms with van der Waals surface area (Å²) in [7, 11) is 0. The van der Waals surface area contributed by atoms with Crippen molar-refractivity contribution in [3.8, 4) is 0 Å². The van der Waals surface area contributed by atoms with Gasteiger partial charge in [-0.1, -0.05) is 57.2 Å². The van der Waals surface area contributed by atoms with Crippen LogP contribution >= 0.6 is 0 Å². The van der Waals surface area contributed by atoms with E-state index in [-0.39, 0.29) is 19.1 Å². The van der Waals surface area contributed by atoms with Gasteiger partial charge >= 0.3 is 0 Å². The first-order valence-electron chi connectivity index (χ1n) is 9.74. The molecular formula is C21H35NO2. The summed E-state index contributed by atoms with van der Waals surface area (Å²) in [5, 5.41) is 19.0. The fourth-order valence-electron chi connectivity index (χ4n) is 3.87. The van der Waals surface area contributed by atoms with Crippen LogP contribution < -0.4 is 5.73 Å². The van der Waals surface area contributed by atoms with E-state index in [1.54, 1.807) is 0 Å². The van der Waals surface area contributed by atoms with E-state index < -0.39 is 5.54 Å². The third kappa shape index (κ3) is 5.05. The van der Waals surface area contributed by atoms with Gasteiger partial charge in [0.25, 0.3) is 0 Å². The molecule has 1 aromatic carbocycles. The minimum atomic E-state index is -0.852. The number of aliphatic hydroxyl groups excluding tert-OH is 2. The first kappa shape index (κ1) is 19.4.